The van der Waals surface area contributed by atoms with Gasteiger partial charge in [-0.05, 0) is 44.7 Å². The minimum Gasteiger partial charge on any atom is -0.364 e. The second kappa shape index (κ2) is 3.48. The topological polar surface area (TPSA) is 26.0 Å². The van der Waals surface area contributed by atoms with Crippen LogP contribution in [0.2, 0.25) is 0 Å². The number of aryl methyl sites for hydroxylation is 2. The number of benzene rings is 1. The maximum atomic E-state index is 5.13. The maximum absolute atomic E-state index is 5.13. The van der Waals surface area contributed by atoms with E-state index in [-0.39, 0.29) is 0 Å². The van der Waals surface area contributed by atoms with Crippen LogP contribution < -0.4 is 0 Å². The van der Waals surface area contributed by atoms with E-state index in [1.54, 1.807) is 0 Å². The molecule has 2 nitrogen and oxygen atoms in total. The van der Waals surface area contributed by atoms with E-state index in [1.165, 1.54) is 35.1 Å². The van der Waals surface area contributed by atoms with Gasteiger partial charge in [-0.15, -0.1) is 0 Å². The van der Waals surface area contributed by atoms with Crippen LogP contribution in [0.5, 0.6) is 0 Å². The Morgan fingerprint density at radius 3 is 2.44 bits per heavy atom. The molecule has 1 heterocycles. The highest BCUT2D eigenvalue weighted by Crippen LogP contribution is 2.44. The molecule has 1 aromatic carbocycles. The maximum Gasteiger partial charge on any atom is 0.127 e. The van der Waals surface area contributed by atoms with Crippen molar-refractivity contribution in [3.63, 3.8) is 0 Å². The van der Waals surface area contributed by atoms with Gasteiger partial charge < -0.3 is 4.52 Å². The van der Waals surface area contributed by atoms with E-state index in [2.05, 4.69) is 37.2 Å². The quantitative estimate of drug-likeness (QED) is 0.757. The largest absolute Gasteiger partial charge is 0.364 e. The van der Waals surface area contributed by atoms with E-state index in [0.29, 0.717) is 5.92 Å². The van der Waals surface area contributed by atoms with Crippen LogP contribution in [0.15, 0.2) is 29.0 Å². The van der Waals surface area contributed by atoms with Gasteiger partial charge in [0.25, 0.3) is 0 Å². The monoisotopic (exact) mass is 213 g/mol. The molecule has 0 aliphatic heterocycles. The van der Waals surface area contributed by atoms with Crippen molar-refractivity contribution in [2.24, 2.45) is 0 Å². The molecule has 3 rings (SSSR count). The van der Waals surface area contributed by atoms with E-state index in [0.717, 1.165) is 5.69 Å². The third kappa shape index (κ3) is 1.64. The lowest BCUT2D eigenvalue weighted by Crippen LogP contribution is -1.86. The smallest absolute Gasteiger partial charge is 0.127 e. The van der Waals surface area contributed by atoms with Crippen LogP contribution >= 0.6 is 0 Å². The third-order valence-corrected chi connectivity index (χ3v) is 3.11. The molecular weight excluding hydrogens is 198 g/mol. The van der Waals surface area contributed by atoms with Crippen LogP contribution in [0.4, 0.5) is 0 Å². The summed E-state index contributed by atoms with van der Waals surface area (Å²) in [5.41, 5.74) is 6.06. The first-order chi connectivity index (χ1) is 7.74. The lowest BCUT2D eigenvalue weighted by molar-refractivity contribution is 0.421. The molecular formula is C14H15NO. The molecule has 0 saturated heterocycles. The number of nitrogens with zero attached hydrogens (tertiary/aromatic N) is 1. The van der Waals surface area contributed by atoms with E-state index >= 15 is 0 Å². The molecule has 0 N–H and O–H groups in total. The summed E-state index contributed by atoms with van der Waals surface area (Å²) in [4.78, 5) is 0. The molecule has 0 spiro atoms. The van der Waals surface area contributed by atoms with Gasteiger partial charge in [0, 0.05) is 11.1 Å². The van der Waals surface area contributed by atoms with E-state index in [4.69, 9.17) is 4.52 Å². The second-order valence-corrected chi connectivity index (χ2v) is 4.77. The van der Waals surface area contributed by atoms with E-state index < -0.39 is 0 Å². The van der Waals surface area contributed by atoms with Crippen LogP contribution in [0, 0.1) is 13.8 Å². The van der Waals surface area contributed by atoms with Gasteiger partial charge in [0.2, 0.25) is 0 Å². The Morgan fingerprint density at radius 1 is 1.12 bits per heavy atom. The summed E-state index contributed by atoms with van der Waals surface area (Å²) in [6.07, 6.45) is 4.36. The van der Waals surface area contributed by atoms with Crippen molar-refractivity contribution >= 4 is 0 Å². The van der Waals surface area contributed by atoms with Gasteiger partial charge in [-0.25, -0.2) is 0 Å². The Morgan fingerprint density at radius 2 is 1.81 bits per heavy atom. The van der Waals surface area contributed by atoms with Crippen molar-refractivity contribution < 1.29 is 4.52 Å². The predicted octanol–water partition coefficient (Wildman–Crippen LogP) is 3.84. The van der Waals surface area contributed by atoms with Gasteiger partial charge in [-0.2, -0.15) is 0 Å². The van der Waals surface area contributed by atoms with Crippen molar-refractivity contribution in [1.29, 1.82) is 0 Å². The molecule has 1 fully saturated rings. The Labute approximate surface area is 95.3 Å². The fraction of sp³-hybridized carbons (Fsp3) is 0.357. The summed E-state index contributed by atoms with van der Waals surface area (Å²) >= 11 is 0. The first-order valence-corrected chi connectivity index (χ1v) is 5.77. The molecule has 0 bridgehead atoms. The highest BCUT2D eigenvalue weighted by molar-refractivity contribution is 5.65. The summed E-state index contributed by atoms with van der Waals surface area (Å²) in [5.74, 6) is 0.682. The molecule has 2 aromatic rings. The molecule has 82 valence electrons. The SMILES string of the molecule is Cc1cc(C)cc(-c2nocc2C2CC2)c1. The number of aromatic nitrogens is 1. The minimum absolute atomic E-state index is 0.682. The molecule has 1 aliphatic carbocycles. The number of rotatable bonds is 2. The summed E-state index contributed by atoms with van der Waals surface area (Å²) < 4.78 is 5.13. The summed E-state index contributed by atoms with van der Waals surface area (Å²) in [6, 6.07) is 6.54. The molecule has 2 heteroatoms. The molecule has 0 atom stereocenters. The van der Waals surface area contributed by atoms with Gasteiger partial charge in [-0.1, -0.05) is 22.3 Å². The summed E-state index contributed by atoms with van der Waals surface area (Å²) in [6.45, 7) is 4.24. The Bertz CT molecular complexity index is 503. The van der Waals surface area contributed by atoms with Crippen molar-refractivity contribution in [1.82, 2.24) is 5.16 Å². The van der Waals surface area contributed by atoms with Gasteiger partial charge in [-0.3, -0.25) is 0 Å². The number of hydrogen-bond donors (Lipinski definition) is 0. The fourth-order valence-corrected chi connectivity index (χ4v) is 2.26. The van der Waals surface area contributed by atoms with Crippen LogP contribution in [0.25, 0.3) is 11.3 Å². The van der Waals surface area contributed by atoms with Crippen LogP contribution in [-0.2, 0) is 0 Å². The summed E-state index contributed by atoms with van der Waals surface area (Å²) in [7, 11) is 0. The normalized spacial score (nSPS) is 15.4. The standard InChI is InChI=1S/C14H15NO/c1-9-5-10(2)7-12(6-9)14-13(8-16-15-14)11-3-4-11/h5-8,11H,3-4H2,1-2H3. The molecule has 0 radical (unpaired) electrons. The highest BCUT2D eigenvalue weighted by Gasteiger charge is 2.29. The Hall–Kier alpha value is -1.57. The molecule has 1 aromatic heterocycles. The molecule has 16 heavy (non-hydrogen) atoms. The lowest BCUT2D eigenvalue weighted by Gasteiger charge is -2.03. The zero-order valence-electron chi connectivity index (χ0n) is 9.66. The molecule has 0 amide bonds. The van der Waals surface area contributed by atoms with Crippen LogP contribution in [-0.4, -0.2) is 5.16 Å². The average Bonchev–Trinajstić information content (AvgIpc) is 2.94. The molecule has 1 saturated carbocycles. The molecule has 1 aliphatic rings. The second-order valence-electron chi connectivity index (χ2n) is 4.77. The zero-order chi connectivity index (χ0) is 11.1. The highest BCUT2D eigenvalue weighted by atomic mass is 16.5. The Balaban J connectivity index is 2.10. The van der Waals surface area contributed by atoms with Crippen LogP contribution in [0.3, 0.4) is 0 Å². The average molecular weight is 213 g/mol. The predicted molar refractivity (Wildman–Crippen MR) is 63.4 cm³/mol. The van der Waals surface area contributed by atoms with Gasteiger partial charge in [0.1, 0.15) is 12.0 Å². The van der Waals surface area contributed by atoms with E-state index in [9.17, 15) is 0 Å². The zero-order valence-corrected chi connectivity index (χ0v) is 9.66. The van der Waals surface area contributed by atoms with Crippen molar-refractivity contribution in [2.75, 3.05) is 0 Å². The lowest BCUT2D eigenvalue weighted by atomic mass is 10.0. The van der Waals surface area contributed by atoms with E-state index in [1.807, 2.05) is 6.26 Å². The van der Waals surface area contributed by atoms with Crippen molar-refractivity contribution in [3.05, 3.63) is 41.2 Å². The van der Waals surface area contributed by atoms with Crippen molar-refractivity contribution in [2.45, 2.75) is 32.6 Å². The molecule has 0 unspecified atom stereocenters. The fourth-order valence-electron chi connectivity index (χ4n) is 2.26. The minimum atomic E-state index is 0.682. The van der Waals surface area contributed by atoms with Gasteiger partial charge in [0.15, 0.2) is 0 Å². The van der Waals surface area contributed by atoms with Gasteiger partial charge in [0.05, 0.1) is 0 Å². The number of hydrogen-bond acceptors (Lipinski definition) is 2. The third-order valence-electron chi connectivity index (χ3n) is 3.11. The first-order valence-electron chi connectivity index (χ1n) is 5.77. The first kappa shape index (κ1) is 9.64. The summed E-state index contributed by atoms with van der Waals surface area (Å²) in [5, 5.41) is 4.15. The van der Waals surface area contributed by atoms with Crippen LogP contribution in [0.1, 0.15) is 35.4 Å². The van der Waals surface area contributed by atoms with Gasteiger partial charge >= 0.3 is 0 Å². The van der Waals surface area contributed by atoms with Crippen molar-refractivity contribution in [3.8, 4) is 11.3 Å². The Kier molecular flexibility index (Phi) is 2.10.